The van der Waals surface area contributed by atoms with Crippen molar-refractivity contribution < 1.29 is 4.74 Å². The third kappa shape index (κ3) is 4.02. The number of pyridine rings is 1. The van der Waals surface area contributed by atoms with Crippen LogP contribution in [-0.2, 0) is 0 Å². The average molecular weight is 438 g/mol. The van der Waals surface area contributed by atoms with E-state index >= 15 is 0 Å². The topological polar surface area (TPSA) is 92.2 Å². The van der Waals surface area contributed by atoms with Crippen LogP contribution in [0.25, 0.3) is 10.9 Å². The summed E-state index contributed by atoms with van der Waals surface area (Å²) in [6.45, 7) is 3.60. The van der Waals surface area contributed by atoms with Crippen LogP contribution in [0.3, 0.4) is 0 Å². The Balaban J connectivity index is 1.62. The monoisotopic (exact) mass is 437 g/mol. The fourth-order valence-electron chi connectivity index (χ4n) is 5.08. The van der Waals surface area contributed by atoms with Crippen LogP contribution in [0.4, 0.5) is 0 Å². The number of rotatable bonds is 5. The van der Waals surface area contributed by atoms with Gasteiger partial charge < -0.3 is 14.6 Å². The molecule has 170 valence electrons. The second-order valence-electron chi connectivity index (χ2n) is 9.02. The van der Waals surface area contributed by atoms with Gasteiger partial charge in [-0.1, -0.05) is 19.3 Å². The summed E-state index contributed by atoms with van der Waals surface area (Å²) in [6.07, 6.45) is 5.82. The van der Waals surface area contributed by atoms with E-state index < -0.39 is 0 Å². The van der Waals surface area contributed by atoms with Gasteiger partial charge >= 0.3 is 0 Å². The Morgan fingerprint density at radius 1 is 1.09 bits per heavy atom. The van der Waals surface area contributed by atoms with Crippen molar-refractivity contribution in [3.05, 3.63) is 46.0 Å². The van der Waals surface area contributed by atoms with E-state index in [2.05, 4.69) is 37.4 Å². The maximum atomic E-state index is 13.3. The number of nitrogens with zero attached hydrogens (tertiary/aromatic N) is 6. The average Bonchev–Trinajstić information content (AvgIpc) is 3.30. The molecule has 1 saturated carbocycles. The summed E-state index contributed by atoms with van der Waals surface area (Å²) in [5, 5.41) is 13.9. The molecule has 1 N–H and O–H groups in total. The molecule has 1 aliphatic heterocycles. The minimum Gasteiger partial charge on any atom is -0.497 e. The first-order valence-electron chi connectivity index (χ1n) is 11.6. The van der Waals surface area contributed by atoms with E-state index in [1.54, 1.807) is 7.11 Å². The summed E-state index contributed by atoms with van der Waals surface area (Å²) >= 11 is 0. The molecule has 1 saturated heterocycles. The number of hydrogen-bond donors (Lipinski definition) is 1. The highest BCUT2D eigenvalue weighted by Crippen LogP contribution is 2.33. The van der Waals surface area contributed by atoms with Crippen LogP contribution in [0.1, 0.15) is 55.6 Å². The zero-order chi connectivity index (χ0) is 22.1. The number of fused-ring (bicyclic) bond motifs is 1. The van der Waals surface area contributed by atoms with Gasteiger partial charge in [-0.2, -0.15) is 0 Å². The molecule has 1 aliphatic carbocycles. The fourth-order valence-corrected chi connectivity index (χ4v) is 5.08. The Hall–Kier alpha value is -2.78. The van der Waals surface area contributed by atoms with Gasteiger partial charge in [0.2, 0.25) is 0 Å². The maximum absolute atomic E-state index is 13.3. The van der Waals surface area contributed by atoms with E-state index in [0.29, 0.717) is 11.6 Å². The Bertz CT molecular complexity index is 1130. The van der Waals surface area contributed by atoms with E-state index in [4.69, 9.17) is 4.74 Å². The maximum Gasteiger partial charge on any atom is 0.253 e. The van der Waals surface area contributed by atoms with Crippen molar-refractivity contribution in [1.29, 1.82) is 0 Å². The van der Waals surface area contributed by atoms with E-state index in [9.17, 15) is 4.79 Å². The Kier molecular flexibility index (Phi) is 5.93. The van der Waals surface area contributed by atoms with Crippen molar-refractivity contribution in [2.24, 2.45) is 0 Å². The van der Waals surface area contributed by atoms with Gasteiger partial charge in [0, 0.05) is 42.6 Å². The van der Waals surface area contributed by atoms with Crippen LogP contribution < -0.4 is 10.3 Å². The van der Waals surface area contributed by atoms with Crippen molar-refractivity contribution in [1.82, 2.24) is 35.0 Å². The second-order valence-corrected chi connectivity index (χ2v) is 9.02. The van der Waals surface area contributed by atoms with Gasteiger partial charge in [0.1, 0.15) is 11.8 Å². The molecule has 3 aromatic rings. The van der Waals surface area contributed by atoms with Gasteiger partial charge in [0.05, 0.1) is 13.2 Å². The Morgan fingerprint density at radius 2 is 1.88 bits per heavy atom. The molecule has 0 spiro atoms. The van der Waals surface area contributed by atoms with Crippen LogP contribution in [-0.4, -0.2) is 75.3 Å². The molecule has 5 rings (SSSR count). The van der Waals surface area contributed by atoms with Gasteiger partial charge in [-0.15, -0.1) is 5.10 Å². The number of likely N-dealkylation sites (N-methyl/N-ethyl adjacent to an activating group) is 1. The van der Waals surface area contributed by atoms with Crippen molar-refractivity contribution in [2.75, 3.05) is 40.3 Å². The molecule has 32 heavy (non-hydrogen) atoms. The number of methoxy groups -OCH3 is 1. The van der Waals surface area contributed by atoms with E-state index in [1.807, 2.05) is 28.9 Å². The highest BCUT2D eigenvalue weighted by molar-refractivity contribution is 5.80. The minimum absolute atomic E-state index is 0.0928. The first kappa shape index (κ1) is 21.1. The van der Waals surface area contributed by atoms with Gasteiger partial charge in [-0.05, 0) is 54.6 Å². The fraction of sp³-hybridized carbons (Fsp3) is 0.565. The van der Waals surface area contributed by atoms with Crippen LogP contribution in [0.2, 0.25) is 0 Å². The predicted octanol–water partition coefficient (Wildman–Crippen LogP) is 2.37. The standard InChI is InChI=1S/C23H31N7O2/c1-28-10-12-29(13-11-28)21(22-25-26-27-30(22)17-6-4-3-5-7-17)19-15-16-14-18(32-2)8-9-20(16)24-23(19)31/h8-9,14-15,17,21H,3-7,10-13H2,1-2H3,(H,24,31)/t21-/m0/s1. The first-order chi connectivity index (χ1) is 15.6. The molecule has 9 heteroatoms. The highest BCUT2D eigenvalue weighted by Gasteiger charge is 2.34. The molecule has 2 aliphatic rings. The van der Waals surface area contributed by atoms with Gasteiger partial charge in [0.15, 0.2) is 5.82 Å². The SMILES string of the molecule is COc1ccc2[nH]c(=O)c([C@@H](c3nnnn3C3CCCCC3)N3CCN(C)CC3)cc2c1. The molecule has 1 atom stereocenters. The summed E-state index contributed by atoms with van der Waals surface area (Å²) in [4.78, 5) is 21.1. The van der Waals surface area contributed by atoms with Crippen molar-refractivity contribution in [3.8, 4) is 5.75 Å². The smallest absolute Gasteiger partial charge is 0.253 e. The van der Waals surface area contributed by atoms with Crippen molar-refractivity contribution >= 4 is 10.9 Å². The molecule has 0 unspecified atom stereocenters. The Morgan fingerprint density at radius 3 is 2.62 bits per heavy atom. The van der Waals surface area contributed by atoms with Gasteiger partial charge in [-0.3, -0.25) is 9.69 Å². The third-order valence-corrected chi connectivity index (χ3v) is 6.96. The number of H-pyrrole nitrogens is 1. The normalized spacial score (nSPS) is 19.9. The second kappa shape index (κ2) is 8.99. The molecule has 0 amide bonds. The summed E-state index contributed by atoms with van der Waals surface area (Å²) in [5.41, 5.74) is 1.38. The number of piperazine rings is 1. The van der Waals surface area contributed by atoms with Gasteiger partial charge in [-0.25, -0.2) is 4.68 Å². The summed E-state index contributed by atoms with van der Waals surface area (Å²) in [6, 6.07) is 7.69. The molecule has 2 aromatic heterocycles. The summed E-state index contributed by atoms with van der Waals surface area (Å²) < 4.78 is 7.40. The number of tetrazole rings is 1. The number of aromatic nitrogens is 5. The molecule has 9 nitrogen and oxygen atoms in total. The minimum atomic E-state index is -0.292. The lowest BCUT2D eigenvalue weighted by atomic mass is 9.95. The zero-order valence-electron chi connectivity index (χ0n) is 18.8. The van der Waals surface area contributed by atoms with Crippen LogP contribution in [0, 0.1) is 0 Å². The van der Waals surface area contributed by atoms with Crippen LogP contribution >= 0.6 is 0 Å². The van der Waals surface area contributed by atoms with Crippen molar-refractivity contribution in [2.45, 2.75) is 44.2 Å². The number of ether oxygens (including phenoxy) is 1. The molecule has 3 heterocycles. The lowest BCUT2D eigenvalue weighted by Crippen LogP contribution is -2.47. The molecule has 2 fully saturated rings. The highest BCUT2D eigenvalue weighted by atomic mass is 16.5. The molecular formula is C23H31N7O2. The van der Waals surface area contributed by atoms with E-state index in [1.165, 1.54) is 19.3 Å². The van der Waals surface area contributed by atoms with Crippen molar-refractivity contribution in [3.63, 3.8) is 0 Å². The third-order valence-electron chi connectivity index (χ3n) is 6.96. The van der Waals surface area contributed by atoms with Gasteiger partial charge in [0.25, 0.3) is 5.56 Å². The summed E-state index contributed by atoms with van der Waals surface area (Å²) in [7, 11) is 3.78. The predicted molar refractivity (Wildman–Crippen MR) is 122 cm³/mol. The van der Waals surface area contributed by atoms with E-state index in [0.717, 1.165) is 61.5 Å². The van der Waals surface area contributed by atoms with E-state index in [-0.39, 0.29) is 11.6 Å². The number of aromatic amines is 1. The molecular weight excluding hydrogens is 406 g/mol. The van der Waals surface area contributed by atoms with Crippen LogP contribution in [0.5, 0.6) is 5.75 Å². The quantitative estimate of drug-likeness (QED) is 0.655. The molecule has 1 aromatic carbocycles. The largest absolute Gasteiger partial charge is 0.497 e. The van der Waals surface area contributed by atoms with Crippen LogP contribution in [0.15, 0.2) is 29.1 Å². The lowest BCUT2D eigenvalue weighted by molar-refractivity contribution is 0.119. The molecule has 0 bridgehead atoms. The first-order valence-corrected chi connectivity index (χ1v) is 11.6. The number of benzene rings is 1. The number of hydrogen-bond acceptors (Lipinski definition) is 7. The molecule has 0 radical (unpaired) electrons. The Labute approximate surface area is 187 Å². The zero-order valence-corrected chi connectivity index (χ0v) is 18.8. The lowest BCUT2D eigenvalue weighted by Gasteiger charge is -2.37. The number of nitrogens with one attached hydrogen (secondary N) is 1. The summed E-state index contributed by atoms with van der Waals surface area (Å²) in [5.74, 6) is 1.54.